The van der Waals surface area contributed by atoms with Gasteiger partial charge in [0.15, 0.2) is 6.23 Å². The molecule has 0 saturated heterocycles. The van der Waals surface area contributed by atoms with Crippen LogP contribution in [0.3, 0.4) is 0 Å². The maximum absolute atomic E-state index is 10.8. The van der Waals surface area contributed by atoms with Crippen molar-refractivity contribution >= 4 is 22.5 Å². The molecule has 1 N–H and O–H groups in total. The largest absolute Gasteiger partial charge is 0.379 e. The lowest BCUT2D eigenvalue weighted by molar-refractivity contribution is 0.0435. The lowest BCUT2D eigenvalue weighted by Crippen LogP contribution is -2.08. The van der Waals surface area contributed by atoms with Gasteiger partial charge < -0.3 is 19.1 Å². The Morgan fingerprint density at radius 3 is 2.68 bits per heavy atom. The minimum atomic E-state index is -0.803. The maximum Gasteiger partial charge on any atom is 0.157 e. The topological polar surface area (TPSA) is 92.4 Å². The van der Waals surface area contributed by atoms with Crippen LogP contribution in [-0.4, -0.2) is 36.0 Å². The third-order valence-corrected chi connectivity index (χ3v) is 4.50. The molecule has 1 aromatic heterocycles. The van der Waals surface area contributed by atoms with Gasteiger partial charge >= 0.3 is 0 Å². The van der Waals surface area contributed by atoms with Crippen molar-refractivity contribution in [2.75, 3.05) is 26.4 Å². The van der Waals surface area contributed by atoms with Crippen LogP contribution < -0.4 is 0 Å². The molecule has 0 amide bonds. The molecule has 0 aliphatic carbocycles. The first-order valence-electron chi connectivity index (χ1n) is 8.89. The quantitative estimate of drug-likeness (QED) is 0.232. The third kappa shape index (κ3) is 5.04. The third-order valence-electron chi connectivity index (χ3n) is 4.27. The lowest BCUT2D eigenvalue weighted by atomic mass is 10.2. The zero-order valence-electron chi connectivity index (χ0n) is 15.2. The van der Waals surface area contributed by atoms with Gasteiger partial charge in [-0.05, 0) is 23.7 Å². The van der Waals surface area contributed by atoms with Crippen LogP contribution in [0.25, 0.3) is 21.3 Å². The number of hydrogen-bond acceptors (Lipinski definition) is 4. The fourth-order valence-corrected chi connectivity index (χ4v) is 3.12. The zero-order chi connectivity index (χ0) is 19.8. The lowest BCUT2D eigenvalue weighted by Gasteiger charge is -2.14. The number of aliphatic hydroxyl groups is 1. The first kappa shape index (κ1) is 20.2. The molecule has 0 aliphatic rings. The number of aromatic nitrogens is 1. The number of azide groups is 1. The van der Waals surface area contributed by atoms with Crippen LogP contribution in [0.15, 0.2) is 59.8 Å². The summed E-state index contributed by atoms with van der Waals surface area (Å²) < 4.78 is 12.8. The van der Waals surface area contributed by atoms with Gasteiger partial charge in [-0.2, -0.15) is 0 Å². The van der Waals surface area contributed by atoms with Gasteiger partial charge in [-0.25, -0.2) is 0 Å². The Morgan fingerprint density at radius 1 is 1.11 bits per heavy atom. The van der Waals surface area contributed by atoms with Crippen LogP contribution in [0.5, 0.6) is 0 Å². The van der Waals surface area contributed by atoms with Crippen molar-refractivity contribution < 1.29 is 14.6 Å². The fraction of sp³-hybridized carbons (Fsp3) is 0.300. The van der Waals surface area contributed by atoms with E-state index < -0.39 is 6.23 Å². The van der Waals surface area contributed by atoms with Gasteiger partial charge in [0.2, 0.25) is 0 Å². The average molecular weight is 401 g/mol. The van der Waals surface area contributed by atoms with E-state index in [1.807, 2.05) is 53.2 Å². The van der Waals surface area contributed by atoms with E-state index in [1.54, 1.807) is 6.07 Å². The maximum atomic E-state index is 10.8. The van der Waals surface area contributed by atoms with E-state index in [-0.39, 0.29) is 0 Å². The summed E-state index contributed by atoms with van der Waals surface area (Å²) >= 11 is 6.17. The predicted octanol–water partition coefficient (Wildman–Crippen LogP) is 4.68. The molecule has 0 spiro atoms. The van der Waals surface area contributed by atoms with Crippen LogP contribution in [0, 0.1) is 0 Å². The summed E-state index contributed by atoms with van der Waals surface area (Å²) in [5.41, 5.74) is 10.8. The van der Waals surface area contributed by atoms with Gasteiger partial charge in [0.05, 0.1) is 31.9 Å². The van der Waals surface area contributed by atoms with E-state index in [0.29, 0.717) is 38.0 Å². The Hall–Kier alpha value is -2.54. The summed E-state index contributed by atoms with van der Waals surface area (Å²) in [4.78, 5) is 2.66. The molecule has 3 aromatic rings. The molecular weight excluding hydrogens is 380 g/mol. The highest BCUT2D eigenvalue weighted by Gasteiger charge is 2.16. The summed E-state index contributed by atoms with van der Waals surface area (Å²) in [5, 5.41) is 15.8. The molecule has 0 bridgehead atoms. The molecule has 2 aromatic carbocycles. The highest BCUT2D eigenvalue weighted by atomic mass is 35.5. The van der Waals surface area contributed by atoms with Gasteiger partial charge in [0, 0.05) is 39.2 Å². The highest BCUT2D eigenvalue weighted by Crippen LogP contribution is 2.29. The molecule has 1 heterocycles. The second-order valence-electron chi connectivity index (χ2n) is 6.13. The molecule has 28 heavy (non-hydrogen) atoms. The fourth-order valence-electron chi connectivity index (χ4n) is 2.95. The van der Waals surface area contributed by atoms with Crippen molar-refractivity contribution in [1.29, 1.82) is 0 Å². The Morgan fingerprint density at radius 2 is 1.89 bits per heavy atom. The van der Waals surface area contributed by atoms with Gasteiger partial charge in [-0.15, -0.1) is 0 Å². The number of benzene rings is 2. The molecule has 3 rings (SSSR count). The number of hydrogen-bond donors (Lipinski definition) is 1. The van der Waals surface area contributed by atoms with E-state index in [4.69, 9.17) is 26.6 Å². The number of aliphatic hydroxyl groups excluding tert-OH is 1. The van der Waals surface area contributed by atoms with Gasteiger partial charge in [-0.1, -0.05) is 47.0 Å². The molecule has 0 saturated carbocycles. The first-order valence-corrected chi connectivity index (χ1v) is 9.27. The van der Waals surface area contributed by atoms with Crippen LogP contribution >= 0.6 is 11.6 Å². The molecule has 1 unspecified atom stereocenters. The van der Waals surface area contributed by atoms with Crippen LogP contribution in [0.4, 0.5) is 0 Å². The van der Waals surface area contributed by atoms with E-state index in [9.17, 15) is 5.11 Å². The predicted molar refractivity (Wildman–Crippen MR) is 108 cm³/mol. The van der Waals surface area contributed by atoms with Crippen LogP contribution in [0.1, 0.15) is 17.4 Å². The standard InChI is InChI=1S/C20H21ClN4O3/c21-17-6-7-19-18(12-17)16(14-28-11-10-27-9-8-23-24-22)13-25(19)20(26)15-4-2-1-3-5-15/h1-7,12-13,20,26H,8-11,14H2. The van der Waals surface area contributed by atoms with Gasteiger partial charge in [0.1, 0.15) is 0 Å². The van der Waals surface area contributed by atoms with E-state index >= 15 is 0 Å². The molecule has 7 nitrogen and oxygen atoms in total. The summed E-state index contributed by atoms with van der Waals surface area (Å²) in [6.07, 6.45) is 1.09. The minimum Gasteiger partial charge on any atom is -0.379 e. The Kier molecular flexibility index (Phi) is 7.31. The van der Waals surface area contributed by atoms with Crippen molar-refractivity contribution in [2.45, 2.75) is 12.8 Å². The monoisotopic (exact) mass is 400 g/mol. The number of ether oxygens (including phenoxy) is 2. The van der Waals surface area contributed by atoms with Crippen molar-refractivity contribution in [1.82, 2.24) is 4.57 Å². The Bertz CT molecular complexity index is 955. The second kappa shape index (κ2) is 10.1. The van der Waals surface area contributed by atoms with Crippen molar-refractivity contribution in [2.24, 2.45) is 5.11 Å². The highest BCUT2D eigenvalue weighted by molar-refractivity contribution is 6.31. The smallest absolute Gasteiger partial charge is 0.157 e. The zero-order valence-corrected chi connectivity index (χ0v) is 16.0. The summed E-state index contributed by atoms with van der Waals surface area (Å²) in [6.45, 7) is 1.86. The normalized spacial score (nSPS) is 12.1. The summed E-state index contributed by atoms with van der Waals surface area (Å²) in [6, 6.07) is 15.1. The summed E-state index contributed by atoms with van der Waals surface area (Å²) in [7, 11) is 0. The average Bonchev–Trinajstić information content (AvgIpc) is 3.07. The van der Waals surface area contributed by atoms with E-state index in [1.165, 1.54) is 0 Å². The molecule has 0 fully saturated rings. The molecule has 8 heteroatoms. The van der Waals surface area contributed by atoms with E-state index in [2.05, 4.69) is 10.0 Å². The van der Waals surface area contributed by atoms with E-state index in [0.717, 1.165) is 22.0 Å². The number of rotatable bonds is 10. The summed E-state index contributed by atoms with van der Waals surface area (Å²) in [5.74, 6) is 0. The molecule has 1 atom stereocenters. The molecule has 0 radical (unpaired) electrons. The second-order valence-corrected chi connectivity index (χ2v) is 6.56. The minimum absolute atomic E-state index is 0.305. The first-order chi connectivity index (χ1) is 13.7. The van der Waals surface area contributed by atoms with Gasteiger partial charge in [0.25, 0.3) is 0 Å². The van der Waals surface area contributed by atoms with Crippen molar-refractivity contribution in [3.63, 3.8) is 0 Å². The number of nitrogens with zero attached hydrogens (tertiary/aromatic N) is 4. The van der Waals surface area contributed by atoms with Crippen molar-refractivity contribution in [3.8, 4) is 0 Å². The molecule has 146 valence electrons. The van der Waals surface area contributed by atoms with Gasteiger partial charge in [-0.3, -0.25) is 0 Å². The number of fused-ring (bicyclic) bond motifs is 1. The Balaban J connectivity index is 1.70. The van der Waals surface area contributed by atoms with Crippen LogP contribution in [0.2, 0.25) is 5.02 Å². The number of halogens is 1. The SMILES string of the molecule is [N-]=[N+]=NCCOCCOCc1cn(C(O)c2ccccc2)c2ccc(Cl)cc12. The molecular formula is C20H21ClN4O3. The van der Waals surface area contributed by atoms with Crippen molar-refractivity contribution in [3.05, 3.63) is 81.3 Å². The van der Waals surface area contributed by atoms with Crippen LogP contribution in [-0.2, 0) is 16.1 Å². The Labute approximate surface area is 167 Å². The molecule has 0 aliphatic heterocycles.